The number of amides is 1. The van der Waals surface area contributed by atoms with Crippen molar-refractivity contribution in [3.63, 3.8) is 0 Å². The second kappa shape index (κ2) is 5.73. The molecule has 104 valence electrons. The maximum Gasteiger partial charge on any atom is 0.255 e. The highest BCUT2D eigenvalue weighted by atomic mass is 32.1. The zero-order valence-electron chi connectivity index (χ0n) is 11.5. The first-order valence-electron chi connectivity index (χ1n) is 6.72. The van der Waals surface area contributed by atoms with Gasteiger partial charge < -0.3 is 9.80 Å². The summed E-state index contributed by atoms with van der Waals surface area (Å²) in [6.45, 7) is 3.46. The standard InChI is InChI=1S/C15H17N3OS/c1-17-6-8-18(9-7-17)15(19)12-4-5-13(16-11-12)14-3-2-10-20-14/h2-5,10-11H,6-9H2,1H3. The topological polar surface area (TPSA) is 36.4 Å². The van der Waals surface area contributed by atoms with Crippen LogP contribution in [0.2, 0.25) is 0 Å². The van der Waals surface area contributed by atoms with E-state index in [4.69, 9.17) is 0 Å². The summed E-state index contributed by atoms with van der Waals surface area (Å²) >= 11 is 1.66. The maximum absolute atomic E-state index is 12.4. The second-order valence-electron chi connectivity index (χ2n) is 5.00. The summed E-state index contributed by atoms with van der Waals surface area (Å²) < 4.78 is 0. The van der Waals surface area contributed by atoms with Gasteiger partial charge in [-0.25, -0.2) is 0 Å². The summed E-state index contributed by atoms with van der Waals surface area (Å²) in [5.74, 6) is 0.0864. The van der Waals surface area contributed by atoms with Crippen LogP contribution in [0, 0.1) is 0 Å². The summed E-state index contributed by atoms with van der Waals surface area (Å²) in [6.07, 6.45) is 1.69. The number of nitrogens with zero attached hydrogens (tertiary/aromatic N) is 3. The van der Waals surface area contributed by atoms with Crippen LogP contribution in [0.1, 0.15) is 10.4 Å². The molecule has 1 aliphatic rings. The third-order valence-electron chi connectivity index (χ3n) is 3.57. The van der Waals surface area contributed by atoms with Crippen molar-refractivity contribution in [2.45, 2.75) is 0 Å². The van der Waals surface area contributed by atoms with Crippen LogP contribution in [0.15, 0.2) is 35.8 Å². The first kappa shape index (κ1) is 13.3. The molecule has 0 saturated carbocycles. The number of hydrogen-bond donors (Lipinski definition) is 0. The Morgan fingerprint density at radius 2 is 2.00 bits per heavy atom. The Bertz CT molecular complexity index is 572. The number of likely N-dealkylation sites (N-methyl/N-ethyl adjacent to an activating group) is 1. The molecule has 0 N–H and O–H groups in total. The lowest BCUT2D eigenvalue weighted by Gasteiger charge is -2.32. The Morgan fingerprint density at radius 3 is 2.60 bits per heavy atom. The van der Waals surface area contributed by atoms with E-state index in [1.165, 1.54) is 0 Å². The van der Waals surface area contributed by atoms with E-state index in [-0.39, 0.29) is 5.91 Å². The number of thiophene rings is 1. The third-order valence-corrected chi connectivity index (χ3v) is 4.47. The van der Waals surface area contributed by atoms with Crippen LogP contribution in [0.25, 0.3) is 10.6 Å². The van der Waals surface area contributed by atoms with Crippen molar-refractivity contribution < 1.29 is 4.79 Å². The molecule has 0 bridgehead atoms. The molecule has 3 heterocycles. The molecule has 3 rings (SSSR count). The molecule has 0 aliphatic carbocycles. The monoisotopic (exact) mass is 287 g/mol. The summed E-state index contributed by atoms with van der Waals surface area (Å²) in [6, 6.07) is 7.85. The van der Waals surface area contributed by atoms with Crippen molar-refractivity contribution in [2.24, 2.45) is 0 Å². The highest BCUT2D eigenvalue weighted by Gasteiger charge is 2.20. The molecule has 2 aromatic heterocycles. The van der Waals surface area contributed by atoms with E-state index in [1.807, 2.05) is 34.5 Å². The molecule has 5 heteroatoms. The minimum absolute atomic E-state index is 0.0864. The van der Waals surface area contributed by atoms with E-state index in [9.17, 15) is 4.79 Å². The molecular weight excluding hydrogens is 270 g/mol. The number of piperazine rings is 1. The second-order valence-corrected chi connectivity index (χ2v) is 5.95. The summed E-state index contributed by atoms with van der Waals surface area (Å²) in [5, 5.41) is 2.03. The molecule has 2 aromatic rings. The van der Waals surface area contributed by atoms with Crippen molar-refractivity contribution in [3.05, 3.63) is 41.4 Å². The van der Waals surface area contributed by atoms with Crippen molar-refractivity contribution in [3.8, 4) is 10.6 Å². The zero-order chi connectivity index (χ0) is 13.9. The molecule has 20 heavy (non-hydrogen) atoms. The van der Waals surface area contributed by atoms with Crippen LogP contribution < -0.4 is 0 Å². The van der Waals surface area contributed by atoms with Gasteiger partial charge in [-0.3, -0.25) is 9.78 Å². The Balaban J connectivity index is 1.73. The van der Waals surface area contributed by atoms with Crippen LogP contribution in [-0.4, -0.2) is 53.9 Å². The van der Waals surface area contributed by atoms with Crippen LogP contribution in [-0.2, 0) is 0 Å². The summed E-state index contributed by atoms with van der Waals surface area (Å²) in [5.41, 5.74) is 1.60. The minimum atomic E-state index is 0.0864. The Morgan fingerprint density at radius 1 is 1.20 bits per heavy atom. The molecule has 0 unspecified atom stereocenters. The van der Waals surface area contributed by atoms with Crippen LogP contribution in [0.5, 0.6) is 0 Å². The Kier molecular flexibility index (Phi) is 3.80. The third kappa shape index (κ3) is 2.73. The van der Waals surface area contributed by atoms with Gasteiger partial charge in [0.25, 0.3) is 5.91 Å². The highest BCUT2D eigenvalue weighted by molar-refractivity contribution is 7.13. The van der Waals surface area contributed by atoms with Gasteiger partial charge in [-0.15, -0.1) is 11.3 Å². The van der Waals surface area contributed by atoms with Gasteiger partial charge in [0.2, 0.25) is 0 Å². The molecule has 0 aromatic carbocycles. The molecule has 1 saturated heterocycles. The fraction of sp³-hybridized carbons (Fsp3) is 0.333. The quantitative estimate of drug-likeness (QED) is 0.849. The van der Waals surface area contributed by atoms with Gasteiger partial charge >= 0.3 is 0 Å². The van der Waals surface area contributed by atoms with E-state index >= 15 is 0 Å². The van der Waals surface area contributed by atoms with Crippen molar-refractivity contribution in [1.82, 2.24) is 14.8 Å². The number of aromatic nitrogens is 1. The zero-order valence-corrected chi connectivity index (χ0v) is 12.3. The number of carbonyl (C=O) groups excluding carboxylic acids is 1. The molecule has 0 spiro atoms. The fourth-order valence-electron chi connectivity index (χ4n) is 2.28. The van der Waals surface area contributed by atoms with E-state index < -0.39 is 0 Å². The van der Waals surface area contributed by atoms with E-state index in [1.54, 1.807) is 17.5 Å². The predicted molar refractivity (Wildman–Crippen MR) is 81.0 cm³/mol. The van der Waals surface area contributed by atoms with Gasteiger partial charge in [-0.05, 0) is 30.6 Å². The molecule has 0 radical (unpaired) electrons. The van der Waals surface area contributed by atoms with E-state index in [2.05, 4.69) is 16.9 Å². The largest absolute Gasteiger partial charge is 0.336 e. The maximum atomic E-state index is 12.4. The lowest BCUT2D eigenvalue weighted by Crippen LogP contribution is -2.47. The number of hydrogen-bond acceptors (Lipinski definition) is 4. The lowest BCUT2D eigenvalue weighted by atomic mass is 10.2. The summed E-state index contributed by atoms with van der Waals surface area (Å²) in [7, 11) is 2.08. The minimum Gasteiger partial charge on any atom is -0.336 e. The van der Waals surface area contributed by atoms with Crippen molar-refractivity contribution in [1.29, 1.82) is 0 Å². The SMILES string of the molecule is CN1CCN(C(=O)c2ccc(-c3cccs3)nc2)CC1. The number of rotatable bonds is 2. The van der Waals surface area contributed by atoms with Gasteiger partial charge in [-0.2, -0.15) is 0 Å². The average Bonchev–Trinajstić information content (AvgIpc) is 3.02. The van der Waals surface area contributed by atoms with Crippen LogP contribution in [0.3, 0.4) is 0 Å². The van der Waals surface area contributed by atoms with Gasteiger partial charge in [-0.1, -0.05) is 6.07 Å². The Labute approximate surface area is 122 Å². The molecule has 1 amide bonds. The number of carbonyl (C=O) groups is 1. The van der Waals surface area contributed by atoms with E-state index in [0.29, 0.717) is 5.56 Å². The van der Waals surface area contributed by atoms with Gasteiger partial charge in [0, 0.05) is 32.4 Å². The van der Waals surface area contributed by atoms with Gasteiger partial charge in [0.1, 0.15) is 0 Å². The molecular formula is C15H17N3OS. The van der Waals surface area contributed by atoms with E-state index in [0.717, 1.165) is 36.8 Å². The normalized spacial score (nSPS) is 16.4. The van der Waals surface area contributed by atoms with Gasteiger partial charge in [0.15, 0.2) is 0 Å². The van der Waals surface area contributed by atoms with Crippen molar-refractivity contribution in [2.75, 3.05) is 33.2 Å². The molecule has 1 aliphatic heterocycles. The smallest absolute Gasteiger partial charge is 0.255 e. The molecule has 1 fully saturated rings. The summed E-state index contributed by atoms with van der Waals surface area (Å²) in [4.78, 5) is 22.0. The first-order chi connectivity index (χ1) is 9.74. The lowest BCUT2D eigenvalue weighted by molar-refractivity contribution is 0.0663. The first-order valence-corrected chi connectivity index (χ1v) is 7.60. The highest BCUT2D eigenvalue weighted by Crippen LogP contribution is 2.22. The van der Waals surface area contributed by atoms with Gasteiger partial charge in [0.05, 0.1) is 16.1 Å². The molecule has 4 nitrogen and oxygen atoms in total. The van der Waals surface area contributed by atoms with Crippen molar-refractivity contribution >= 4 is 17.2 Å². The average molecular weight is 287 g/mol. The van der Waals surface area contributed by atoms with Crippen LogP contribution >= 0.6 is 11.3 Å². The van der Waals surface area contributed by atoms with Crippen LogP contribution in [0.4, 0.5) is 0 Å². The predicted octanol–water partition coefficient (Wildman–Crippen LogP) is 2.20. The number of pyridine rings is 1. The molecule has 0 atom stereocenters. The Hall–Kier alpha value is -1.72. The fourth-order valence-corrected chi connectivity index (χ4v) is 2.98.